The number of aliphatic hydroxyl groups excluding tert-OH is 1. The predicted molar refractivity (Wildman–Crippen MR) is 75.0 cm³/mol. The van der Waals surface area contributed by atoms with E-state index in [2.05, 4.69) is 4.98 Å². The maximum Gasteiger partial charge on any atom is 0.433 e. The molecule has 1 aromatic heterocycles. The molecule has 3 nitrogen and oxygen atoms in total. The molecule has 0 unspecified atom stereocenters. The summed E-state index contributed by atoms with van der Waals surface area (Å²) in [6, 6.07) is 1.88. The number of aliphatic hydroxyl groups is 1. The Labute approximate surface area is 124 Å². The lowest BCUT2D eigenvalue weighted by Gasteiger charge is -2.17. The van der Waals surface area contributed by atoms with Crippen LogP contribution in [0, 0.1) is 6.92 Å². The van der Waals surface area contributed by atoms with Gasteiger partial charge in [0.15, 0.2) is 5.78 Å². The number of carbonyl (C=O) groups is 1. The molecule has 0 spiro atoms. The molecule has 112 valence electrons. The van der Waals surface area contributed by atoms with Gasteiger partial charge in [0.05, 0.1) is 5.57 Å². The van der Waals surface area contributed by atoms with Crippen molar-refractivity contribution in [2.45, 2.75) is 32.4 Å². The van der Waals surface area contributed by atoms with Crippen LogP contribution in [-0.2, 0) is 11.0 Å². The zero-order valence-electron chi connectivity index (χ0n) is 11.1. The maximum atomic E-state index is 12.6. The lowest BCUT2D eigenvalue weighted by Crippen LogP contribution is -2.19. The Balaban J connectivity index is 2.51. The molecule has 0 saturated heterocycles. The van der Waals surface area contributed by atoms with Gasteiger partial charge in [-0.25, -0.2) is 4.98 Å². The van der Waals surface area contributed by atoms with Crippen LogP contribution in [0.4, 0.5) is 13.2 Å². The monoisotopic (exact) mass is 315 g/mol. The van der Waals surface area contributed by atoms with E-state index >= 15 is 0 Å². The highest BCUT2D eigenvalue weighted by Gasteiger charge is 2.33. The number of halogens is 3. The Hall–Kier alpha value is -1.76. The van der Waals surface area contributed by atoms with E-state index in [4.69, 9.17) is 12.2 Å². The highest BCUT2D eigenvalue weighted by molar-refractivity contribution is 7.81. The minimum Gasteiger partial charge on any atom is -0.506 e. The number of hydrogen-bond acceptors (Lipinski definition) is 4. The van der Waals surface area contributed by atoms with Crippen molar-refractivity contribution in [1.82, 2.24) is 4.98 Å². The standard InChI is InChI=1S/C14H12F3NO2S/c1-7-8(5-6-11(18-7)14(15,16)17)13(20)12-9(19)3-2-4-10(12)21/h5-6,20H,2-4H2,1H3. The van der Waals surface area contributed by atoms with E-state index in [1.54, 1.807) is 0 Å². The van der Waals surface area contributed by atoms with E-state index < -0.39 is 11.9 Å². The molecule has 2 rings (SSSR count). The zero-order chi connectivity index (χ0) is 15.8. The highest BCUT2D eigenvalue weighted by atomic mass is 32.1. The van der Waals surface area contributed by atoms with Crippen LogP contribution in [0.15, 0.2) is 17.7 Å². The van der Waals surface area contributed by atoms with Gasteiger partial charge in [0.25, 0.3) is 0 Å². The Morgan fingerprint density at radius 3 is 2.52 bits per heavy atom. The third kappa shape index (κ3) is 3.12. The fraction of sp³-hybridized carbons (Fsp3) is 0.357. The summed E-state index contributed by atoms with van der Waals surface area (Å²) in [5, 5.41) is 10.2. The molecule has 0 atom stereocenters. The Kier molecular flexibility index (Phi) is 4.13. The average Bonchev–Trinajstić information content (AvgIpc) is 2.37. The molecule has 1 aliphatic carbocycles. The fourth-order valence-electron chi connectivity index (χ4n) is 2.18. The number of hydrogen-bond donors (Lipinski definition) is 1. The minimum absolute atomic E-state index is 0.00371. The van der Waals surface area contributed by atoms with Gasteiger partial charge in [-0.3, -0.25) is 4.79 Å². The second-order valence-corrected chi connectivity index (χ2v) is 5.24. The number of nitrogens with zero attached hydrogens (tertiary/aromatic N) is 1. The van der Waals surface area contributed by atoms with Crippen LogP contribution in [-0.4, -0.2) is 20.7 Å². The topological polar surface area (TPSA) is 50.2 Å². The molecule has 0 radical (unpaired) electrons. The average molecular weight is 315 g/mol. The number of allylic oxidation sites excluding steroid dienone is 1. The second-order valence-electron chi connectivity index (χ2n) is 4.75. The summed E-state index contributed by atoms with van der Waals surface area (Å²) in [6.07, 6.45) is -3.15. The zero-order valence-corrected chi connectivity index (χ0v) is 11.9. The third-order valence-electron chi connectivity index (χ3n) is 3.23. The van der Waals surface area contributed by atoms with Gasteiger partial charge in [-0.2, -0.15) is 13.2 Å². The van der Waals surface area contributed by atoms with Gasteiger partial charge < -0.3 is 5.11 Å². The van der Waals surface area contributed by atoms with Gasteiger partial charge in [0.1, 0.15) is 11.5 Å². The lowest BCUT2D eigenvalue weighted by molar-refractivity contribution is -0.141. The molecule has 1 fully saturated rings. The van der Waals surface area contributed by atoms with Crippen LogP contribution in [0.25, 0.3) is 5.76 Å². The first kappa shape index (κ1) is 15.6. The SMILES string of the molecule is Cc1nc(C(F)(F)F)ccc1C(O)=C1C(=O)CCCC1=S. The van der Waals surface area contributed by atoms with E-state index in [0.717, 1.165) is 12.1 Å². The summed E-state index contributed by atoms with van der Waals surface area (Å²) in [5.74, 6) is -0.675. The Morgan fingerprint density at radius 2 is 2.00 bits per heavy atom. The number of ketones is 1. The van der Waals surface area contributed by atoms with Crippen molar-refractivity contribution in [3.63, 3.8) is 0 Å². The first-order chi connectivity index (χ1) is 9.71. The first-order valence-electron chi connectivity index (χ1n) is 6.26. The van der Waals surface area contributed by atoms with Gasteiger partial charge in [-0.05, 0) is 31.9 Å². The molecule has 21 heavy (non-hydrogen) atoms. The largest absolute Gasteiger partial charge is 0.506 e. The van der Waals surface area contributed by atoms with Gasteiger partial charge in [-0.1, -0.05) is 12.2 Å². The molecule has 1 N–H and O–H groups in total. The minimum atomic E-state index is -4.55. The maximum absolute atomic E-state index is 12.6. The van der Waals surface area contributed by atoms with Crippen LogP contribution < -0.4 is 0 Å². The number of rotatable bonds is 1. The van der Waals surface area contributed by atoms with E-state index in [-0.39, 0.29) is 34.8 Å². The smallest absolute Gasteiger partial charge is 0.433 e. The van der Waals surface area contributed by atoms with Crippen molar-refractivity contribution in [1.29, 1.82) is 0 Å². The molecule has 0 aliphatic heterocycles. The molecule has 0 amide bonds. The van der Waals surface area contributed by atoms with Crippen molar-refractivity contribution < 1.29 is 23.1 Å². The molecular formula is C14H12F3NO2S. The quantitative estimate of drug-likeness (QED) is 0.486. The van der Waals surface area contributed by atoms with E-state index in [1.807, 2.05) is 0 Å². The van der Waals surface area contributed by atoms with Gasteiger partial charge in [0, 0.05) is 22.5 Å². The second kappa shape index (κ2) is 5.55. The van der Waals surface area contributed by atoms with Crippen molar-refractivity contribution >= 4 is 28.6 Å². The van der Waals surface area contributed by atoms with Crippen LogP contribution >= 0.6 is 12.2 Å². The third-order valence-corrected chi connectivity index (χ3v) is 3.64. The molecular weight excluding hydrogens is 303 g/mol. The van der Waals surface area contributed by atoms with Crippen LogP contribution in [0.5, 0.6) is 0 Å². The summed E-state index contributed by atoms with van der Waals surface area (Å²) >= 11 is 5.07. The Bertz CT molecular complexity index is 632. The number of carbonyl (C=O) groups excluding carboxylic acids is 1. The van der Waals surface area contributed by atoms with Crippen molar-refractivity contribution in [3.05, 3.63) is 34.7 Å². The first-order valence-corrected chi connectivity index (χ1v) is 6.67. The van der Waals surface area contributed by atoms with Crippen LogP contribution in [0.2, 0.25) is 0 Å². The predicted octanol–water partition coefficient (Wildman–Crippen LogP) is 3.80. The summed E-state index contributed by atoms with van der Waals surface area (Å²) < 4.78 is 37.7. The Morgan fingerprint density at radius 1 is 1.33 bits per heavy atom. The molecule has 0 aromatic carbocycles. The van der Waals surface area contributed by atoms with Crippen molar-refractivity contribution in [2.75, 3.05) is 0 Å². The lowest BCUT2D eigenvalue weighted by atomic mass is 9.90. The van der Waals surface area contributed by atoms with Crippen molar-refractivity contribution in [2.24, 2.45) is 0 Å². The van der Waals surface area contributed by atoms with E-state index in [9.17, 15) is 23.1 Å². The van der Waals surface area contributed by atoms with Crippen LogP contribution in [0.3, 0.4) is 0 Å². The van der Waals surface area contributed by atoms with Gasteiger partial charge in [0.2, 0.25) is 0 Å². The van der Waals surface area contributed by atoms with Gasteiger partial charge >= 0.3 is 6.18 Å². The summed E-state index contributed by atoms with van der Waals surface area (Å²) in [7, 11) is 0. The molecule has 1 saturated carbocycles. The number of pyridine rings is 1. The molecule has 1 heterocycles. The molecule has 7 heteroatoms. The molecule has 1 aromatic rings. The van der Waals surface area contributed by atoms with Crippen molar-refractivity contribution in [3.8, 4) is 0 Å². The summed E-state index contributed by atoms with van der Waals surface area (Å²) in [6.45, 7) is 1.34. The van der Waals surface area contributed by atoms with E-state index in [0.29, 0.717) is 17.7 Å². The number of aryl methyl sites for hydroxylation is 1. The van der Waals surface area contributed by atoms with Crippen LogP contribution in [0.1, 0.15) is 36.2 Å². The highest BCUT2D eigenvalue weighted by Crippen LogP contribution is 2.31. The number of alkyl halides is 3. The summed E-state index contributed by atoms with van der Waals surface area (Å²) in [5.41, 5.74) is -0.924. The number of aromatic nitrogens is 1. The number of Topliss-reactive ketones (excluding diaryl/α,β-unsaturated/α-hetero) is 1. The fourth-order valence-corrected chi connectivity index (χ4v) is 2.54. The van der Waals surface area contributed by atoms with E-state index in [1.165, 1.54) is 6.92 Å². The summed E-state index contributed by atoms with van der Waals surface area (Å²) in [4.78, 5) is 15.6. The molecule has 1 aliphatic rings. The number of thiocarbonyl (C=S) groups is 1. The van der Waals surface area contributed by atoms with Gasteiger partial charge in [-0.15, -0.1) is 0 Å². The normalized spacial score (nSPS) is 18.9. The molecule has 0 bridgehead atoms.